The molecule has 0 radical (unpaired) electrons. The highest BCUT2D eigenvalue weighted by Crippen LogP contribution is 2.37. The van der Waals surface area contributed by atoms with Gasteiger partial charge in [-0.05, 0) is 59.9 Å². The van der Waals surface area contributed by atoms with E-state index in [0.717, 1.165) is 41.7 Å². The Balaban J connectivity index is 0.000000890. The number of nitrogens with zero attached hydrogens (tertiary/aromatic N) is 1. The molecular weight excluding hydrogens is 424 g/mol. The van der Waals surface area contributed by atoms with Gasteiger partial charge in [0.15, 0.2) is 5.96 Å². The number of methoxy groups -OCH3 is 1. The molecule has 1 atom stereocenters. The standard InChI is InChI=1S/C22H26N4O3.C2H4O2/c23-22(24)26-12-2-1-11-25-21(28)10-4-15-3-9-19-17(13-15)14-20(29-19)16-5-7-18(27)8-6-16;1-4-2-3/h3-10,13,20,27H,1-2,11-12,14H2,(H,25,28)(H4,23,24,26);2H,1H3/b10-4+;/t20-;/m1./s1. The number of carbonyl (C=O) groups is 2. The van der Waals surface area contributed by atoms with Crippen molar-refractivity contribution in [3.63, 3.8) is 0 Å². The Morgan fingerprint density at radius 2 is 1.97 bits per heavy atom. The third-order valence-corrected chi connectivity index (χ3v) is 4.73. The van der Waals surface area contributed by atoms with Gasteiger partial charge in [0, 0.05) is 25.6 Å². The van der Waals surface area contributed by atoms with Gasteiger partial charge in [0.05, 0.1) is 7.11 Å². The van der Waals surface area contributed by atoms with E-state index < -0.39 is 0 Å². The molecule has 9 nitrogen and oxygen atoms in total. The van der Waals surface area contributed by atoms with Crippen LogP contribution in [0.1, 0.15) is 35.6 Å². The molecule has 176 valence electrons. The summed E-state index contributed by atoms with van der Waals surface area (Å²) in [5.74, 6) is 1.05. The first kappa shape index (κ1) is 25.3. The van der Waals surface area contributed by atoms with Crippen molar-refractivity contribution >= 4 is 24.4 Å². The number of fused-ring (bicyclic) bond motifs is 1. The first-order valence-electron chi connectivity index (χ1n) is 10.5. The van der Waals surface area contributed by atoms with Gasteiger partial charge in [0.2, 0.25) is 5.91 Å². The Hall–Kier alpha value is -4.01. The maximum Gasteiger partial charge on any atom is 0.292 e. The lowest BCUT2D eigenvalue weighted by Gasteiger charge is -2.10. The number of phenols is 1. The van der Waals surface area contributed by atoms with Crippen LogP contribution in [0.2, 0.25) is 0 Å². The van der Waals surface area contributed by atoms with Crippen molar-refractivity contribution in [2.24, 2.45) is 16.5 Å². The first-order valence-corrected chi connectivity index (χ1v) is 10.5. The molecule has 1 aliphatic heterocycles. The molecule has 0 aliphatic carbocycles. The van der Waals surface area contributed by atoms with Crippen LogP contribution in [-0.4, -0.2) is 43.6 Å². The molecular formula is C24H30N4O5. The van der Waals surface area contributed by atoms with Crippen molar-refractivity contribution in [3.8, 4) is 11.5 Å². The molecule has 0 fully saturated rings. The zero-order valence-electron chi connectivity index (χ0n) is 18.6. The number of nitrogens with one attached hydrogen (secondary N) is 1. The van der Waals surface area contributed by atoms with Gasteiger partial charge in [-0.15, -0.1) is 0 Å². The van der Waals surface area contributed by atoms with Crippen molar-refractivity contribution in [3.05, 3.63) is 65.2 Å². The number of hydrogen-bond donors (Lipinski definition) is 4. The average Bonchev–Trinajstić information content (AvgIpc) is 3.23. The van der Waals surface area contributed by atoms with Gasteiger partial charge in [0.25, 0.3) is 6.47 Å². The largest absolute Gasteiger partial charge is 0.508 e. The molecule has 0 unspecified atom stereocenters. The summed E-state index contributed by atoms with van der Waals surface area (Å²) in [5.41, 5.74) is 13.6. The minimum Gasteiger partial charge on any atom is -0.508 e. The number of benzene rings is 2. The molecule has 0 spiro atoms. The molecule has 1 aliphatic rings. The average molecular weight is 455 g/mol. The van der Waals surface area contributed by atoms with E-state index >= 15 is 0 Å². The third kappa shape index (κ3) is 8.94. The van der Waals surface area contributed by atoms with Gasteiger partial charge in [-0.3, -0.25) is 14.6 Å². The lowest BCUT2D eigenvalue weighted by Crippen LogP contribution is -2.24. The molecule has 0 aromatic heterocycles. The second kappa shape index (κ2) is 13.4. The number of guanidine groups is 1. The molecule has 0 saturated heterocycles. The van der Waals surface area contributed by atoms with Gasteiger partial charge in [0.1, 0.15) is 17.6 Å². The van der Waals surface area contributed by atoms with Crippen LogP contribution >= 0.6 is 0 Å². The minimum absolute atomic E-state index is 0.0629. The van der Waals surface area contributed by atoms with Gasteiger partial charge in [-0.2, -0.15) is 0 Å². The van der Waals surface area contributed by atoms with Crippen LogP contribution in [0.4, 0.5) is 0 Å². The molecule has 1 amide bonds. The number of nitrogens with two attached hydrogens (primary N) is 2. The van der Waals surface area contributed by atoms with E-state index in [4.69, 9.17) is 21.0 Å². The predicted molar refractivity (Wildman–Crippen MR) is 127 cm³/mol. The van der Waals surface area contributed by atoms with Crippen LogP contribution in [0.5, 0.6) is 11.5 Å². The zero-order chi connectivity index (χ0) is 24.1. The Morgan fingerprint density at radius 3 is 2.64 bits per heavy atom. The van der Waals surface area contributed by atoms with Crippen LogP contribution < -0.4 is 21.5 Å². The summed E-state index contributed by atoms with van der Waals surface area (Å²) in [5, 5.41) is 12.3. The van der Waals surface area contributed by atoms with E-state index in [1.54, 1.807) is 18.2 Å². The molecule has 33 heavy (non-hydrogen) atoms. The maximum atomic E-state index is 11.9. The number of phenolic OH excluding ortho intramolecular Hbond substituents is 1. The number of rotatable bonds is 9. The molecule has 9 heteroatoms. The Morgan fingerprint density at radius 1 is 1.24 bits per heavy atom. The van der Waals surface area contributed by atoms with Crippen LogP contribution in [0.3, 0.4) is 0 Å². The smallest absolute Gasteiger partial charge is 0.292 e. The lowest BCUT2D eigenvalue weighted by atomic mass is 10.0. The molecule has 6 N–H and O–H groups in total. The number of hydrogen-bond acceptors (Lipinski definition) is 6. The summed E-state index contributed by atoms with van der Waals surface area (Å²) >= 11 is 0. The molecule has 0 saturated carbocycles. The fourth-order valence-corrected chi connectivity index (χ4v) is 3.13. The number of unbranched alkanes of at least 4 members (excludes halogenated alkanes) is 1. The SMILES string of the molecule is COC=O.NC(N)=NCCCCNC(=O)/C=C/c1ccc2c(c1)C[C@H](c1ccc(O)cc1)O2. The van der Waals surface area contributed by atoms with Gasteiger partial charge >= 0.3 is 0 Å². The monoisotopic (exact) mass is 454 g/mol. The Bertz CT molecular complexity index is 969. The molecule has 2 aromatic carbocycles. The number of aromatic hydroxyl groups is 1. The summed E-state index contributed by atoms with van der Waals surface area (Å²) in [6, 6.07) is 13.0. The van der Waals surface area contributed by atoms with E-state index in [1.165, 1.54) is 13.2 Å². The minimum atomic E-state index is -0.134. The van der Waals surface area contributed by atoms with Gasteiger partial charge < -0.3 is 31.4 Å². The van der Waals surface area contributed by atoms with Crippen LogP contribution in [0.15, 0.2) is 53.5 Å². The van der Waals surface area contributed by atoms with Crippen molar-refractivity contribution in [2.75, 3.05) is 20.2 Å². The van der Waals surface area contributed by atoms with E-state index in [9.17, 15) is 9.90 Å². The third-order valence-electron chi connectivity index (χ3n) is 4.73. The van der Waals surface area contributed by atoms with E-state index in [0.29, 0.717) is 19.6 Å². The van der Waals surface area contributed by atoms with Crippen LogP contribution in [0, 0.1) is 0 Å². The normalized spacial score (nSPS) is 13.8. The molecule has 0 bridgehead atoms. The van der Waals surface area contributed by atoms with E-state index in [2.05, 4.69) is 15.0 Å². The summed E-state index contributed by atoms with van der Waals surface area (Å²) < 4.78 is 9.86. The van der Waals surface area contributed by atoms with Crippen LogP contribution in [0.25, 0.3) is 6.08 Å². The highest BCUT2D eigenvalue weighted by Gasteiger charge is 2.24. The summed E-state index contributed by atoms with van der Waals surface area (Å²) in [6.07, 6.45) is 5.64. The number of amides is 1. The first-order chi connectivity index (χ1) is 15.9. The highest BCUT2D eigenvalue weighted by atomic mass is 16.5. The number of ether oxygens (including phenoxy) is 2. The van der Waals surface area contributed by atoms with Crippen molar-refractivity contribution in [1.82, 2.24) is 5.32 Å². The Labute approximate surface area is 193 Å². The highest BCUT2D eigenvalue weighted by molar-refractivity contribution is 5.91. The Kier molecular flexibility index (Phi) is 10.3. The fraction of sp³-hybridized carbons (Fsp3) is 0.292. The topological polar surface area (TPSA) is 149 Å². The quantitative estimate of drug-likeness (QED) is 0.149. The maximum absolute atomic E-state index is 11.9. The zero-order valence-corrected chi connectivity index (χ0v) is 18.6. The van der Waals surface area contributed by atoms with Crippen molar-refractivity contribution in [2.45, 2.75) is 25.4 Å². The molecule has 2 aromatic rings. The molecule has 3 rings (SSSR count). The second-order valence-corrected chi connectivity index (χ2v) is 7.24. The summed E-state index contributed by atoms with van der Waals surface area (Å²) in [7, 11) is 1.31. The summed E-state index contributed by atoms with van der Waals surface area (Å²) in [4.78, 5) is 24.8. The molecule has 1 heterocycles. The van der Waals surface area contributed by atoms with Gasteiger partial charge in [-0.25, -0.2) is 0 Å². The van der Waals surface area contributed by atoms with Gasteiger partial charge in [-0.1, -0.05) is 18.2 Å². The number of carbonyl (C=O) groups excluding carboxylic acids is 2. The second-order valence-electron chi connectivity index (χ2n) is 7.24. The predicted octanol–water partition coefficient (Wildman–Crippen LogP) is 2.04. The fourth-order valence-electron chi connectivity index (χ4n) is 3.13. The lowest BCUT2D eigenvalue weighted by molar-refractivity contribution is -0.126. The van der Waals surface area contributed by atoms with Crippen LogP contribution in [-0.2, 0) is 20.7 Å². The van der Waals surface area contributed by atoms with E-state index in [1.807, 2.05) is 30.3 Å². The van der Waals surface area contributed by atoms with E-state index in [-0.39, 0.29) is 23.7 Å². The van der Waals surface area contributed by atoms with Crippen molar-refractivity contribution in [1.29, 1.82) is 0 Å². The number of aliphatic imine (C=N–C) groups is 1. The summed E-state index contributed by atoms with van der Waals surface area (Å²) in [6.45, 7) is 1.52. The van der Waals surface area contributed by atoms with Crippen molar-refractivity contribution < 1.29 is 24.2 Å².